The molecule has 3 fully saturated rings. The van der Waals surface area contributed by atoms with Crippen LogP contribution in [-0.4, -0.2) is 48.3 Å². The Balaban J connectivity index is 1.49. The van der Waals surface area contributed by atoms with Crippen molar-refractivity contribution in [3.05, 3.63) is 35.9 Å². The summed E-state index contributed by atoms with van der Waals surface area (Å²) < 4.78 is 0. The van der Waals surface area contributed by atoms with E-state index in [1.807, 2.05) is 30.1 Å². The largest absolute Gasteiger partial charge is 0.345 e. The highest BCUT2D eigenvalue weighted by Crippen LogP contribution is 2.45. The summed E-state index contributed by atoms with van der Waals surface area (Å²) in [4.78, 5) is 29.0. The van der Waals surface area contributed by atoms with Gasteiger partial charge in [0.15, 0.2) is 0 Å². The van der Waals surface area contributed by atoms with E-state index in [1.54, 1.807) is 0 Å². The lowest BCUT2D eigenvalue weighted by Crippen LogP contribution is -2.53. The zero-order valence-electron chi connectivity index (χ0n) is 14.4. The number of amides is 2. The molecule has 4 rings (SSSR count). The van der Waals surface area contributed by atoms with Crippen molar-refractivity contribution in [3.8, 4) is 0 Å². The Hall–Kier alpha value is -1.84. The maximum absolute atomic E-state index is 12.7. The SMILES string of the molecule is CN1CC2(CCN(C(=O)C3CC3)CC2)C[C@H](c2ccccc2)C1=O. The molecule has 1 atom stereocenters. The molecular weight excluding hydrogens is 300 g/mol. The van der Waals surface area contributed by atoms with Crippen LogP contribution < -0.4 is 0 Å². The van der Waals surface area contributed by atoms with Crippen LogP contribution in [0.5, 0.6) is 0 Å². The minimum Gasteiger partial charge on any atom is -0.345 e. The standard InChI is InChI=1S/C20H26N2O2/c1-21-14-20(9-11-22(12-10-20)18(23)16-7-8-16)13-17(19(21)24)15-5-3-2-4-6-15/h2-6,16-17H,7-14H2,1H3/t17-/m1/s1. The lowest BCUT2D eigenvalue weighted by Gasteiger charge is -2.49. The van der Waals surface area contributed by atoms with Gasteiger partial charge < -0.3 is 9.80 Å². The summed E-state index contributed by atoms with van der Waals surface area (Å²) in [5, 5.41) is 0. The molecule has 1 aromatic rings. The monoisotopic (exact) mass is 326 g/mol. The highest BCUT2D eigenvalue weighted by molar-refractivity contribution is 5.84. The third-order valence-corrected chi connectivity index (χ3v) is 6.15. The second kappa shape index (κ2) is 5.91. The predicted octanol–water partition coefficient (Wildman–Crippen LogP) is 2.65. The molecule has 128 valence electrons. The van der Waals surface area contributed by atoms with E-state index >= 15 is 0 Å². The van der Waals surface area contributed by atoms with Gasteiger partial charge in [0, 0.05) is 32.6 Å². The number of hydrogen-bond acceptors (Lipinski definition) is 2. The van der Waals surface area contributed by atoms with Crippen LogP contribution in [0.25, 0.3) is 0 Å². The first-order valence-electron chi connectivity index (χ1n) is 9.17. The van der Waals surface area contributed by atoms with E-state index < -0.39 is 0 Å². The second-order valence-corrected chi connectivity index (χ2v) is 7.96. The number of carbonyl (C=O) groups excluding carboxylic acids is 2. The molecule has 24 heavy (non-hydrogen) atoms. The number of carbonyl (C=O) groups is 2. The number of nitrogens with zero attached hydrogens (tertiary/aromatic N) is 2. The Morgan fingerprint density at radius 3 is 2.42 bits per heavy atom. The first kappa shape index (κ1) is 15.7. The molecule has 3 aliphatic rings. The molecule has 1 saturated carbocycles. The smallest absolute Gasteiger partial charge is 0.229 e. The van der Waals surface area contributed by atoms with Gasteiger partial charge in [0.25, 0.3) is 0 Å². The Morgan fingerprint density at radius 2 is 1.79 bits per heavy atom. The average molecular weight is 326 g/mol. The quantitative estimate of drug-likeness (QED) is 0.838. The van der Waals surface area contributed by atoms with Crippen LogP contribution in [0, 0.1) is 11.3 Å². The van der Waals surface area contributed by atoms with Crippen molar-refractivity contribution < 1.29 is 9.59 Å². The van der Waals surface area contributed by atoms with Crippen molar-refractivity contribution in [2.75, 3.05) is 26.7 Å². The van der Waals surface area contributed by atoms with Crippen molar-refractivity contribution in [1.29, 1.82) is 0 Å². The molecule has 4 nitrogen and oxygen atoms in total. The minimum absolute atomic E-state index is 0.0318. The fourth-order valence-electron chi connectivity index (χ4n) is 4.53. The van der Waals surface area contributed by atoms with E-state index in [0.717, 1.165) is 57.3 Å². The zero-order valence-corrected chi connectivity index (χ0v) is 14.4. The summed E-state index contributed by atoms with van der Waals surface area (Å²) >= 11 is 0. The minimum atomic E-state index is -0.0318. The van der Waals surface area contributed by atoms with Crippen LogP contribution >= 0.6 is 0 Å². The summed E-state index contributed by atoms with van der Waals surface area (Å²) in [5.74, 6) is 0.885. The molecule has 2 saturated heterocycles. The van der Waals surface area contributed by atoms with Gasteiger partial charge in [-0.25, -0.2) is 0 Å². The molecule has 4 heteroatoms. The number of rotatable bonds is 2. The lowest BCUT2D eigenvalue weighted by molar-refractivity contribution is -0.143. The number of likely N-dealkylation sites (tertiary alicyclic amines) is 2. The molecule has 2 aliphatic heterocycles. The van der Waals surface area contributed by atoms with Crippen LogP contribution in [-0.2, 0) is 9.59 Å². The van der Waals surface area contributed by atoms with E-state index in [-0.39, 0.29) is 17.2 Å². The van der Waals surface area contributed by atoms with Gasteiger partial charge in [-0.2, -0.15) is 0 Å². The van der Waals surface area contributed by atoms with Crippen molar-refractivity contribution in [3.63, 3.8) is 0 Å². The number of benzene rings is 1. The maximum Gasteiger partial charge on any atom is 0.229 e. The Labute approximate surface area is 143 Å². The molecule has 2 heterocycles. The fraction of sp³-hybridized carbons (Fsp3) is 0.600. The maximum atomic E-state index is 12.7. The van der Waals surface area contributed by atoms with Crippen LogP contribution in [0.2, 0.25) is 0 Å². The Bertz CT molecular complexity index is 630. The third-order valence-electron chi connectivity index (χ3n) is 6.15. The molecule has 2 amide bonds. The van der Waals surface area contributed by atoms with Crippen molar-refractivity contribution in [2.45, 2.75) is 38.0 Å². The molecule has 1 spiro atoms. The van der Waals surface area contributed by atoms with Crippen LogP contribution in [0.15, 0.2) is 30.3 Å². The molecule has 0 bridgehead atoms. The van der Waals surface area contributed by atoms with Crippen molar-refractivity contribution in [1.82, 2.24) is 9.80 Å². The molecule has 0 aromatic heterocycles. The summed E-state index contributed by atoms with van der Waals surface area (Å²) in [5.41, 5.74) is 1.30. The van der Waals surface area contributed by atoms with Crippen molar-refractivity contribution >= 4 is 11.8 Å². The fourth-order valence-corrected chi connectivity index (χ4v) is 4.53. The van der Waals surface area contributed by atoms with E-state index in [2.05, 4.69) is 17.0 Å². The number of likely N-dealkylation sites (N-methyl/N-ethyl adjacent to an activating group) is 1. The first-order valence-corrected chi connectivity index (χ1v) is 9.17. The molecule has 0 radical (unpaired) electrons. The second-order valence-electron chi connectivity index (χ2n) is 7.96. The normalized spacial score (nSPS) is 26.7. The highest BCUT2D eigenvalue weighted by Gasteiger charge is 2.46. The molecule has 1 aliphatic carbocycles. The van der Waals surface area contributed by atoms with Gasteiger partial charge in [-0.15, -0.1) is 0 Å². The molecule has 0 unspecified atom stereocenters. The highest BCUT2D eigenvalue weighted by atomic mass is 16.2. The topological polar surface area (TPSA) is 40.6 Å². The van der Waals surface area contributed by atoms with Gasteiger partial charge in [-0.3, -0.25) is 9.59 Å². The molecular formula is C20H26N2O2. The van der Waals surface area contributed by atoms with Crippen molar-refractivity contribution in [2.24, 2.45) is 11.3 Å². The Kier molecular flexibility index (Phi) is 3.86. The van der Waals surface area contributed by atoms with Crippen LogP contribution in [0.1, 0.15) is 43.6 Å². The van der Waals surface area contributed by atoms with Gasteiger partial charge in [0.05, 0.1) is 5.92 Å². The third kappa shape index (κ3) is 2.83. The van der Waals surface area contributed by atoms with E-state index in [1.165, 1.54) is 0 Å². The van der Waals surface area contributed by atoms with E-state index in [4.69, 9.17) is 0 Å². The summed E-state index contributed by atoms with van der Waals surface area (Å²) in [6.45, 7) is 2.55. The summed E-state index contributed by atoms with van der Waals surface area (Å²) in [6, 6.07) is 10.2. The van der Waals surface area contributed by atoms with Gasteiger partial charge in [-0.1, -0.05) is 30.3 Å². The average Bonchev–Trinajstić information content (AvgIpc) is 3.44. The number of piperidine rings is 2. The Morgan fingerprint density at radius 1 is 1.12 bits per heavy atom. The first-order chi connectivity index (χ1) is 11.6. The van der Waals surface area contributed by atoms with Crippen LogP contribution in [0.3, 0.4) is 0 Å². The van der Waals surface area contributed by atoms with E-state index in [0.29, 0.717) is 11.8 Å². The lowest BCUT2D eigenvalue weighted by atomic mass is 9.67. The molecule has 1 aromatic carbocycles. The zero-order chi connectivity index (χ0) is 16.7. The van der Waals surface area contributed by atoms with E-state index in [9.17, 15) is 9.59 Å². The van der Waals surface area contributed by atoms with Crippen LogP contribution in [0.4, 0.5) is 0 Å². The summed E-state index contributed by atoms with van der Waals surface area (Å²) in [6.07, 6.45) is 5.12. The number of hydrogen-bond donors (Lipinski definition) is 0. The van der Waals surface area contributed by atoms with Gasteiger partial charge >= 0.3 is 0 Å². The van der Waals surface area contributed by atoms with Gasteiger partial charge in [0.2, 0.25) is 11.8 Å². The molecule has 0 N–H and O–H groups in total. The van der Waals surface area contributed by atoms with Gasteiger partial charge in [-0.05, 0) is 43.1 Å². The summed E-state index contributed by atoms with van der Waals surface area (Å²) in [7, 11) is 1.93. The predicted molar refractivity (Wildman–Crippen MR) is 92.4 cm³/mol. The van der Waals surface area contributed by atoms with Gasteiger partial charge in [0.1, 0.15) is 0 Å².